The van der Waals surface area contributed by atoms with Gasteiger partial charge in [0.1, 0.15) is 0 Å². The van der Waals surface area contributed by atoms with E-state index in [1.807, 2.05) is 13.8 Å². The zero-order chi connectivity index (χ0) is 13.4. The van der Waals surface area contributed by atoms with Gasteiger partial charge in [0.2, 0.25) is 0 Å². The van der Waals surface area contributed by atoms with E-state index in [1.54, 1.807) is 0 Å². The first-order valence-corrected chi connectivity index (χ1v) is 6.96. The maximum Gasteiger partial charge on any atom is -0.0152 e. The minimum absolute atomic E-state index is 1.16. The highest BCUT2D eigenvalue weighted by Gasteiger charge is 2.03. The summed E-state index contributed by atoms with van der Waals surface area (Å²) in [7, 11) is 0. The second kappa shape index (κ2) is 7.71. The monoisotopic (exact) mass is 240 g/mol. The lowest BCUT2D eigenvalue weighted by Crippen LogP contribution is -1.89. The van der Waals surface area contributed by atoms with Gasteiger partial charge in [-0.25, -0.2) is 0 Å². The van der Waals surface area contributed by atoms with Crippen LogP contribution in [0.5, 0.6) is 0 Å². The number of hydrogen-bond donors (Lipinski definition) is 0. The fraction of sp³-hybridized carbons (Fsp3) is 0.333. The van der Waals surface area contributed by atoms with Crippen molar-refractivity contribution in [2.24, 2.45) is 0 Å². The topological polar surface area (TPSA) is 0 Å². The first kappa shape index (κ1) is 14.5. The Morgan fingerprint density at radius 1 is 0.889 bits per heavy atom. The van der Waals surface area contributed by atoms with Crippen molar-refractivity contribution < 1.29 is 0 Å². The van der Waals surface area contributed by atoms with Crippen LogP contribution in [0.4, 0.5) is 0 Å². The lowest BCUT2D eigenvalue weighted by atomic mass is 9.96. The SMILES string of the molecule is CC.CCCc1ccccc1-c1cccc(C)c1. The largest absolute Gasteiger partial charge is 0.0683 e. The molecule has 0 aliphatic heterocycles. The molecule has 2 rings (SSSR count). The molecule has 0 aliphatic carbocycles. The van der Waals surface area contributed by atoms with Crippen LogP contribution >= 0.6 is 0 Å². The van der Waals surface area contributed by atoms with Crippen molar-refractivity contribution in [1.82, 2.24) is 0 Å². The van der Waals surface area contributed by atoms with Crippen molar-refractivity contribution in [2.75, 3.05) is 0 Å². The Morgan fingerprint density at radius 3 is 2.28 bits per heavy atom. The Labute approximate surface area is 112 Å². The Bertz CT molecular complexity index is 469. The summed E-state index contributed by atoms with van der Waals surface area (Å²) in [5.74, 6) is 0. The van der Waals surface area contributed by atoms with Gasteiger partial charge in [-0.3, -0.25) is 0 Å². The average Bonchev–Trinajstić information content (AvgIpc) is 2.42. The van der Waals surface area contributed by atoms with Crippen LogP contribution in [0.25, 0.3) is 11.1 Å². The van der Waals surface area contributed by atoms with Gasteiger partial charge in [0.25, 0.3) is 0 Å². The third-order valence-corrected chi connectivity index (χ3v) is 2.87. The van der Waals surface area contributed by atoms with Gasteiger partial charge in [-0.15, -0.1) is 0 Å². The van der Waals surface area contributed by atoms with E-state index in [0.29, 0.717) is 0 Å². The molecule has 0 amide bonds. The Balaban J connectivity index is 0.000000771. The Morgan fingerprint density at radius 2 is 1.61 bits per heavy atom. The highest BCUT2D eigenvalue weighted by atomic mass is 14.1. The summed E-state index contributed by atoms with van der Waals surface area (Å²) in [5.41, 5.74) is 5.50. The first-order chi connectivity index (χ1) is 8.81. The van der Waals surface area contributed by atoms with Gasteiger partial charge in [0, 0.05) is 0 Å². The standard InChI is InChI=1S/C16H18.C2H6/c1-3-7-14-9-4-5-11-16(14)15-10-6-8-13(2)12-15;1-2/h4-6,8-12H,3,7H2,1-2H3;1-2H3. The van der Waals surface area contributed by atoms with Crippen LogP contribution in [0.3, 0.4) is 0 Å². The minimum atomic E-state index is 1.16. The van der Waals surface area contributed by atoms with Crippen LogP contribution in [0.15, 0.2) is 48.5 Å². The lowest BCUT2D eigenvalue weighted by Gasteiger charge is -2.09. The van der Waals surface area contributed by atoms with E-state index in [-0.39, 0.29) is 0 Å². The minimum Gasteiger partial charge on any atom is -0.0683 e. The molecular weight excluding hydrogens is 216 g/mol. The molecule has 0 bridgehead atoms. The maximum absolute atomic E-state index is 2.26. The Hall–Kier alpha value is -1.56. The molecule has 0 heterocycles. The third-order valence-electron chi connectivity index (χ3n) is 2.87. The van der Waals surface area contributed by atoms with Gasteiger partial charge < -0.3 is 0 Å². The molecule has 0 fully saturated rings. The van der Waals surface area contributed by atoms with Crippen molar-refractivity contribution in [1.29, 1.82) is 0 Å². The zero-order valence-corrected chi connectivity index (χ0v) is 12.0. The molecule has 0 aromatic heterocycles. The highest BCUT2D eigenvalue weighted by molar-refractivity contribution is 5.67. The summed E-state index contributed by atoms with van der Waals surface area (Å²) in [5, 5.41) is 0. The second-order valence-electron chi connectivity index (χ2n) is 4.28. The molecule has 0 heteroatoms. The number of benzene rings is 2. The molecule has 0 saturated heterocycles. The quantitative estimate of drug-likeness (QED) is 0.651. The lowest BCUT2D eigenvalue weighted by molar-refractivity contribution is 0.923. The van der Waals surface area contributed by atoms with Crippen molar-refractivity contribution in [3.8, 4) is 11.1 Å². The molecule has 0 atom stereocenters. The van der Waals surface area contributed by atoms with E-state index in [0.717, 1.165) is 6.42 Å². The van der Waals surface area contributed by atoms with Crippen molar-refractivity contribution in [2.45, 2.75) is 40.5 Å². The predicted molar refractivity (Wildman–Crippen MR) is 82.0 cm³/mol. The molecule has 2 aromatic carbocycles. The molecule has 96 valence electrons. The molecule has 2 aromatic rings. The molecule has 0 N–H and O–H groups in total. The number of hydrogen-bond acceptors (Lipinski definition) is 0. The summed E-state index contributed by atoms with van der Waals surface area (Å²) in [6.45, 7) is 8.37. The van der Waals surface area contributed by atoms with E-state index in [2.05, 4.69) is 62.4 Å². The van der Waals surface area contributed by atoms with Crippen LogP contribution in [0, 0.1) is 6.92 Å². The van der Waals surface area contributed by atoms with Crippen LogP contribution in [-0.2, 0) is 6.42 Å². The van der Waals surface area contributed by atoms with Crippen molar-refractivity contribution in [3.63, 3.8) is 0 Å². The molecule has 0 nitrogen and oxygen atoms in total. The van der Waals surface area contributed by atoms with E-state index in [9.17, 15) is 0 Å². The van der Waals surface area contributed by atoms with E-state index in [4.69, 9.17) is 0 Å². The predicted octanol–water partition coefficient (Wildman–Crippen LogP) is 5.64. The summed E-state index contributed by atoms with van der Waals surface area (Å²) in [6.07, 6.45) is 2.35. The van der Waals surface area contributed by atoms with Gasteiger partial charge in [0.15, 0.2) is 0 Å². The molecule has 0 aliphatic rings. The normalized spacial score (nSPS) is 9.56. The molecule has 0 unspecified atom stereocenters. The van der Waals surface area contributed by atoms with Crippen LogP contribution in [0.1, 0.15) is 38.3 Å². The molecule has 0 saturated carbocycles. The molecule has 18 heavy (non-hydrogen) atoms. The fourth-order valence-electron chi connectivity index (χ4n) is 2.10. The zero-order valence-electron chi connectivity index (χ0n) is 12.0. The first-order valence-electron chi connectivity index (χ1n) is 6.96. The highest BCUT2D eigenvalue weighted by Crippen LogP contribution is 2.25. The van der Waals surface area contributed by atoms with Crippen LogP contribution in [0.2, 0.25) is 0 Å². The molecule has 0 spiro atoms. The fourth-order valence-corrected chi connectivity index (χ4v) is 2.10. The summed E-state index contributed by atoms with van der Waals surface area (Å²) < 4.78 is 0. The van der Waals surface area contributed by atoms with E-state index < -0.39 is 0 Å². The van der Waals surface area contributed by atoms with Gasteiger partial charge in [0.05, 0.1) is 0 Å². The smallest absolute Gasteiger partial charge is 0.0152 e. The second-order valence-corrected chi connectivity index (χ2v) is 4.28. The van der Waals surface area contributed by atoms with Gasteiger partial charge in [-0.05, 0) is 30.0 Å². The van der Waals surface area contributed by atoms with E-state index in [1.165, 1.54) is 28.7 Å². The third kappa shape index (κ3) is 3.73. The summed E-state index contributed by atoms with van der Waals surface area (Å²) in [4.78, 5) is 0. The Kier molecular flexibility index (Phi) is 6.21. The van der Waals surface area contributed by atoms with E-state index >= 15 is 0 Å². The van der Waals surface area contributed by atoms with Crippen molar-refractivity contribution >= 4 is 0 Å². The summed E-state index contributed by atoms with van der Waals surface area (Å²) in [6, 6.07) is 17.4. The molecule has 0 radical (unpaired) electrons. The molecular formula is C18H24. The average molecular weight is 240 g/mol. The van der Waals surface area contributed by atoms with Crippen molar-refractivity contribution in [3.05, 3.63) is 59.7 Å². The van der Waals surface area contributed by atoms with Crippen LogP contribution in [-0.4, -0.2) is 0 Å². The summed E-state index contributed by atoms with van der Waals surface area (Å²) >= 11 is 0. The van der Waals surface area contributed by atoms with Gasteiger partial charge >= 0.3 is 0 Å². The van der Waals surface area contributed by atoms with Crippen LogP contribution < -0.4 is 0 Å². The van der Waals surface area contributed by atoms with Gasteiger partial charge in [-0.1, -0.05) is 81.3 Å². The maximum atomic E-state index is 2.26. The number of rotatable bonds is 3. The van der Waals surface area contributed by atoms with Gasteiger partial charge in [-0.2, -0.15) is 0 Å². The number of aryl methyl sites for hydroxylation is 2.